The monoisotopic (exact) mass is 318 g/mol. The van der Waals surface area contributed by atoms with Crippen LogP contribution >= 0.6 is 0 Å². The fourth-order valence-corrected chi connectivity index (χ4v) is 6.24. The summed E-state index contributed by atoms with van der Waals surface area (Å²) < 4.78 is 0. The van der Waals surface area contributed by atoms with Crippen LogP contribution in [0.4, 0.5) is 0 Å². The summed E-state index contributed by atoms with van der Waals surface area (Å²) in [5.41, 5.74) is 0.180. The number of allylic oxidation sites excluding steroid dienone is 3. The van der Waals surface area contributed by atoms with Crippen LogP contribution in [0.3, 0.4) is 0 Å². The lowest BCUT2D eigenvalue weighted by atomic mass is 9.49. The van der Waals surface area contributed by atoms with E-state index < -0.39 is 16.9 Å². The summed E-state index contributed by atoms with van der Waals surface area (Å²) in [6, 6.07) is 0. The van der Waals surface area contributed by atoms with Crippen molar-refractivity contribution in [2.45, 2.75) is 52.4 Å². The first-order valence-electron chi connectivity index (χ1n) is 8.77. The molecular formula is C19H26O4. The molecule has 0 aromatic rings. The molecule has 23 heavy (non-hydrogen) atoms. The van der Waals surface area contributed by atoms with Crippen LogP contribution in [0, 0.1) is 28.6 Å². The van der Waals surface area contributed by atoms with E-state index in [1.807, 2.05) is 13.0 Å². The molecule has 4 rings (SSSR count). The second-order valence-electron chi connectivity index (χ2n) is 8.41. The molecule has 0 aromatic carbocycles. The maximum Gasteiger partial charge on any atom is 0.204 e. The van der Waals surface area contributed by atoms with Gasteiger partial charge in [-0.1, -0.05) is 19.4 Å². The summed E-state index contributed by atoms with van der Waals surface area (Å²) in [5.74, 6) is -0.332. The van der Waals surface area contributed by atoms with Crippen molar-refractivity contribution in [1.82, 2.24) is 0 Å². The highest BCUT2D eigenvalue weighted by atomic mass is 16.4. The van der Waals surface area contributed by atoms with Crippen LogP contribution in [-0.4, -0.2) is 20.4 Å². The van der Waals surface area contributed by atoms with Crippen LogP contribution in [0.2, 0.25) is 0 Å². The molecule has 4 nitrogen and oxygen atoms in total. The third-order valence-corrected chi connectivity index (χ3v) is 7.53. The molecule has 4 aliphatic rings. The number of rotatable bonds is 0. The van der Waals surface area contributed by atoms with Gasteiger partial charge in [0.2, 0.25) is 11.5 Å². The number of aliphatic hydroxyl groups is 4. The second kappa shape index (κ2) is 4.49. The van der Waals surface area contributed by atoms with Crippen molar-refractivity contribution >= 4 is 0 Å². The van der Waals surface area contributed by atoms with Crippen molar-refractivity contribution in [3.63, 3.8) is 0 Å². The Morgan fingerprint density at radius 2 is 1.65 bits per heavy atom. The summed E-state index contributed by atoms with van der Waals surface area (Å²) >= 11 is 0. The van der Waals surface area contributed by atoms with Gasteiger partial charge in [0.25, 0.3) is 0 Å². The largest absolute Gasteiger partial charge is 0.507 e. The highest BCUT2D eigenvalue weighted by molar-refractivity contribution is 5.50. The molecule has 0 radical (unpaired) electrons. The van der Waals surface area contributed by atoms with Crippen molar-refractivity contribution in [2.75, 3.05) is 0 Å². The van der Waals surface area contributed by atoms with E-state index in [4.69, 9.17) is 0 Å². The van der Waals surface area contributed by atoms with Crippen molar-refractivity contribution < 1.29 is 20.4 Å². The van der Waals surface area contributed by atoms with Gasteiger partial charge in [-0.15, -0.1) is 0 Å². The van der Waals surface area contributed by atoms with Crippen LogP contribution < -0.4 is 0 Å². The highest BCUT2D eigenvalue weighted by Gasteiger charge is 2.59. The Kier molecular flexibility index (Phi) is 2.92. The Labute approximate surface area is 136 Å². The zero-order valence-corrected chi connectivity index (χ0v) is 13.8. The zero-order valence-electron chi connectivity index (χ0n) is 13.8. The SMILES string of the molecule is C[C@@]12CCC[C@H]1[C@@H]1CC=C3C(O)=C(O)C(O)=C(O)[C@]3(C)[C@H]1CC2. The van der Waals surface area contributed by atoms with Gasteiger partial charge in [0.1, 0.15) is 5.76 Å². The Morgan fingerprint density at radius 3 is 2.39 bits per heavy atom. The van der Waals surface area contributed by atoms with Gasteiger partial charge < -0.3 is 20.4 Å². The van der Waals surface area contributed by atoms with Crippen LogP contribution in [0.5, 0.6) is 0 Å². The smallest absolute Gasteiger partial charge is 0.204 e. The van der Waals surface area contributed by atoms with Crippen LogP contribution in [0.1, 0.15) is 52.4 Å². The van der Waals surface area contributed by atoms with Gasteiger partial charge >= 0.3 is 0 Å². The Hall–Kier alpha value is -1.58. The topological polar surface area (TPSA) is 80.9 Å². The molecule has 0 unspecified atom stereocenters. The van der Waals surface area contributed by atoms with E-state index >= 15 is 0 Å². The molecule has 4 N–H and O–H groups in total. The Morgan fingerprint density at radius 1 is 0.913 bits per heavy atom. The van der Waals surface area contributed by atoms with E-state index in [1.54, 1.807) is 0 Å². The predicted molar refractivity (Wildman–Crippen MR) is 87.0 cm³/mol. The van der Waals surface area contributed by atoms with E-state index in [2.05, 4.69) is 6.92 Å². The molecule has 0 amide bonds. The molecule has 0 spiro atoms. The lowest BCUT2D eigenvalue weighted by molar-refractivity contribution is -0.0216. The molecule has 0 heterocycles. The first-order chi connectivity index (χ1) is 10.8. The summed E-state index contributed by atoms with van der Waals surface area (Å²) in [6.07, 6.45) is 8.76. The van der Waals surface area contributed by atoms with Crippen molar-refractivity contribution in [3.8, 4) is 0 Å². The van der Waals surface area contributed by atoms with Crippen LogP contribution in [-0.2, 0) is 0 Å². The number of aliphatic hydroxyl groups excluding tert-OH is 4. The summed E-state index contributed by atoms with van der Waals surface area (Å²) in [6.45, 7) is 4.31. The fourth-order valence-electron chi connectivity index (χ4n) is 6.24. The van der Waals surface area contributed by atoms with Gasteiger partial charge in [-0.05, 0) is 62.2 Å². The Balaban J connectivity index is 1.84. The minimum Gasteiger partial charge on any atom is -0.507 e. The van der Waals surface area contributed by atoms with E-state index in [0.717, 1.165) is 19.3 Å². The van der Waals surface area contributed by atoms with Gasteiger partial charge in [-0.2, -0.15) is 0 Å². The number of hydrogen-bond acceptors (Lipinski definition) is 4. The normalized spacial score (nSPS) is 46.2. The molecule has 126 valence electrons. The number of hydrogen-bond donors (Lipinski definition) is 4. The third kappa shape index (κ3) is 1.67. The number of fused-ring (bicyclic) bond motifs is 5. The average Bonchev–Trinajstić information content (AvgIpc) is 2.93. The second-order valence-corrected chi connectivity index (χ2v) is 8.41. The standard InChI is InChI=1S/C19H26O4/c1-18-8-3-4-11(18)10-5-6-13-14(20)15(21)16(22)17(23)19(13,2)12(10)7-9-18/h6,10-12,20-23H,3-5,7-9H2,1-2H3/t10-,11-,12-,18-,19+/m0/s1. The predicted octanol–water partition coefficient (Wildman–Crippen LogP) is 4.82. The van der Waals surface area contributed by atoms with Crippen molar-refractivity contribution in [1.29, 1.82) is 0 Å². The highest BCUT2D eigenvalue weighted by Crippen LogP contribution is 2.65. The lowest BCUT2D eigenvalue weighted by Gasteiger charge is -2.55. The van der Waals surface area contributed by atoms with Gasteiger partial charge in [0.05, 0.1) is 5.41 Å². The van der Waals surface area contributed by atoms with Gasteiger partial charge in [-0.3, -0.25) is 0 Å². The molecule has 0 saturated heterocycles. The minimum absolute atomic E-state index is 0.185. The first-order valence-corrected chi connectivity index (χ1v) is 8.77. The molecule has 5 atom stereocenters. The molecule has 0 bridgehead atoms. The molecular weight excluding hydrogens is 292 g/mol. The van der Waals surface area contributed by atoms with Crippen LogP contribution in [0.15, 0.2) is 34.7 Å². The van der Waals surface area contributed by atoms with Crippen LogP contribution in [0.25, 0.3) is 0 Å². The summed E-state index contributed by atoms with van der Waals surface area (Å²) in [5, 5.41) is 40.9. The molecule has 2 fully saturated rings. The van der Waals surface area contributed by atoms with E-state index in [1.165, 1.54) is 19.3 Å². The molecule has 0 aromatic heterocycles. The zero-order chi connectivity index (χ0) is 16.6. The van der Waals surface area contributed by atoms with Gasteiger partial charge in [-0.25, -0.2) is 0 Å². The van der Waals surface area contributed by atoms with Gasteiger partial charge in [0, 0.05) is 5.57 Å². The molecule has 4 heteroatoms. The first kappa shape index (κ1) is 15.0. The lowest BCUT2D eigenvalue weighted by Crippen LogP contribution is -2.49. The third-order valence-electron chi connectivity index (χ3n) is 7.53. The molecule has 2 saturated carbocycles. The minimum atomic E-state index is -0.798. The van der Waals surface area contributed by atoms with Crippen molar-refractivity contribution in [2.24, 2.45) is 28.6 Å². The quantitative estimate of drug-likeness (QED) is 0.516. The summed E-state index contributed by atoms with van der Waals surface area (Å²) in [4.78, 5) is 0. The van der Waals surface area contributed by atoms with Gasteiger partial charge in [0.15, 0.2) is 5.76 Å². The molecule has 0 aliphatic heterocycles. The fraction of sp³-hybridized carbons (Fsp3) is 0.684. The van der Waals surface area contributed by atoms with E-state index in [9.17, 15) is 20.4 Å². The molecule has 4 aliphatic carbocycles. The maximum absolute atomic E-state index is 10.6. The van der Waals surface area contributed by atoms with Crippen molar-refractivity contribution in [3.05, 3.63) is 34.7 Å². The maximum atomic E-state index is 10.6. The van der Waals surface area contributed by atoms with E-state index in [-0.39, 0.29) is 17.4 Å². The summed E-state index contributed by atoms with van der Waals surface area (Å²) in [7, 11) is 0. The van der Waals surface area contributed by atoms with E-state index in [0.29, 0.717) is 22.8 Å². The Bertz CT molecular complexity index is 658. The average molecular weight is 318 g/mol.